The fraction of sp³-hybridized carbons (Fsp3) is 0.182. The highest BCUT2D eigenvalue weighted by molar-refractivity contribution is 5.90. The third kappa shape index (κ3) is 3.11. The number of aliphatic hydroxyl groups is 1. The molecule has 0 spiro atoms. The average molecular weight is 302 g/mol. The third-order valence-corrected chi connectivity index (χ3v) is 2.61. The summed E-state index contributed by atoms with van der Waals surface area (Å²) in [6.07, 6.45) is 0. The predicted octanol–water partition coefficient (Wildman–Crippen LogP) is -0.0213. The van der Waals surface area contributed by atoms with Crippen LogP contribution in [0.2, 0.25) is 0 Å². The summed E-state index contributed by atoms with van der Waals surface area (Å²) >= 11 is 0. The molecule has 2 aromatic rings. The van der Waals surface area contributed by atoms with Gasteiger partial charge in [-0.2, -0.15) is 0 Å². The smallest absolute Gasteiger partial charge is 0.341 e. The first-order chi connectivity index (χ1) is 9.92. The largest absolute Gasteiger partial charge is 0.394 e. The van der Waals surface area contributed by atoms with Crippen molar-refractivity contribution < 1.29 is 23.1 Å². The molecular weight excluding hydrogens is 293 g/mol. The number of hydrogen-bond donors (Lipinski definition) is 4. The van der Waals surface area contributed by atoms with Crippen molar-refractivity contribution in [2.45, 2.75) is 6.04 Å². The maximum absolute atomic E-state index is 13.1. The predicted molar refractivity (Wildman–Crippen MR) is 62.8 cm³/mol. The molecule has 0 saturated heterocycles. The van der Waals surface area contributed by atoms with E-state index in [0.29, 0.717) is 12.1 Å². The van der Waals surface area contributed by atoms with E-state index in [1.165, 1.54) is 0 Å². The SMILES string of the molecule is O=C(NC(CO)c1cc(F)c(F)c(F)c1)c1n[nH]c(=O)[nH]1. The minimum Gasteiger partial charge on any atom is -0.394 e. The number of benzene rings is 1. The Kier molecular flexibility index (Phi) is 4.08. The van der Waals surface area contributed by atoms with Gasteiger partial charge in [-0.05, 0) is 17.7 Å². The highest BCUT2D eigenvalue weighted by atomic mass is 19.2. The fourth-order valence-corrected chi connectivity index (χ4v) is 1.61. The van der Waals surface area contributed by atoms with E-state index in [1.54, 1.807) is 0 Å². The lowest BCUT2D eigenvalue weighted by Gasteiger charge is -2.16. The van der Waals surface area contributed by atoms with Gasteiger partial charge >= 0.3 is 5.69 Å². The molecule has 112 valence electrons. The van der Waals surface area contributed by atoms with E-state index < -0.39 is 41.7 Å². The van der Waals surface area contributed by atoms with Crippen molar-refractivity contribution in [1.82, 2.24) is 20.5 Å². The van der Waals surface area contributed by atoms with Gasteiger partial charge < -0.3 is 10.4 Å². The molecule has 2 rings (SSSR count). The van der Waals surface area contributed by atoms with Gasteiger partial charge in [0.2, 0.25) is 5.82 Å². The lowest BCUT2D eigenvalue weighted by Crippen LogP contribution is -2.32. The molecule has 0 radical (unpaired) electrons. The fourth-order valence-electron chi connectivity index (χ4n) is 1.61. The Labute approximate surface area is 114 Å². The number of nitrogens with zero attached hydrogens (tertiary/aromatic N) is 1. The van der Waals surface area contributed by atoms with Gasteiger partial charge in [-0.1, -0.05) is 0 Å². The molecule has 21 heavy (non-hydrogen) atoms. The van der Waals surface area contributed by atoms with Crippen LogP contribution < -0.4 is 11.0 Å². The van der Waals surface area contributed by atoms with Crippen molar-refractivity contribution in [3.05, 3.63) is 51.5 Å². The maximum Gasteiger partial charge on any atom is 0.341 e. The van der Waals surface area contributed by atoms with E-state index in [1.807, 2.05) is 5.10 Å². The Bertz CT molecular complexity index is 704. The molecule has 0 aliphatic carbocycles. The minimum atomic E-state index is -1.65. The molecule has 10 heteroatoms. The summed E-state index contributed by atoms with van der Waals surface area (Å²) in [4.78, 5) is 24.6. The van der Waals surface area contributed by atoms with Gasteiger partial charge in [0.25, 0.3) is 5.91 Å². The first-order valence-electron chi connectivity index (χ1n) is 5.63. The lowest BCUT2D eigenvalue weighted by molar-refractivity contribution is 0.0905. The number of aromatic amines is 2. The van der Waals surface area contributed by atoms with E-state index in [4.69, 9.17) is 0 Å². The number of amides is 1. The Morgan fingerprint density at radius 2 is 1.95 bits per heavy atom. The zero-order valence-electron chi connectivity index (χ0n) is 10.3. The number of carbonyl (C=O) groups is 1. The van der Waals surface area contributed by atoms with E-state index in [2.05, 4.69) is 15.4 Å². The van der Waals surface area contributed by atoms with Gasteiger partial charge in [0, 0.05) is 0 Å². The van der Waals surface area contributed by atoms with Crippen molar-refractivity contribution in [2.75, 3.05) is 6.61 Å². The zero-order chi connectivity index (χ0) is 15.6. The van der Waals surface area contributed by atoms with Gasteiger partial charge in [0.15, 0.2) is 17.5 Å². The molecule has 0 aliphatic rings. The number of carbonyl (C=O) groups excluding carboxylic acids is 1. The van der Waals surface area contributed by atoms with E-state index in [0.717, 1.165) is 0 Å². The Morgan fingerprint density at radius 3 is 2.43 bits per heavy atom. The zero-order valence-corrected chi connectivity index (χ0v) is 10.3. The Morgan fingerprint density at radius 1 is 1.33 bits per heavy atom. The monoisotopic (exact) mass is 302 g/mol. The minimum absolute atomic E-state index is 0.180. The van der Waals surface area contributed by atoms with Crippen LogP contribution in [0.3, 0.4) is 0 Å². The van der Waals surface area contributed by atoms with Crippen molar-refractivity contribution in [1.29, 1.82) is 0 Å². The van der Waals surface area contributed by atoms with Gasteiger partial charge in [-0.25, -0.2) is 23.1 Å². The van der Waals surface area contributed by atoms with Crippen LogP contribution >= 0.6 is 0 Å². The third-order valence-electron chi connectivity index (χ3n) is 2.61. The van der Waals surface area contributed by atoms with Crippen molar-refractivity contribution >= 4 is 5.91 Å². The average Bonchev–Trinajstić information content (AvgIpc) is 2.88. The van der Waals surface area contributed by atoms with Crippen molar-refractivity contribution in [3.8, 4) is 0 Å². The highest BCUT2D eigenvalue weighted by Gasteiger charge is 2.20. The first kappa shape index (κ1) is 14.8. The second-order valence-corrected chi connectivity index (χ2v) is 4.03. The molecule has 1 unspecified atom stereocenters. The highest BCUT2D eigenvalue weighted by Crippen LogP contribution is 2.19. The van der Waals surface area contributed by atoms with Gasteiger partial charge in [0.05, 0.1) is 12.6 Å². The van der Waals surface area contributed by atoms with Crippen LogP contribution in [0.15, 0.2) is 16.9 Å². The number of rotatable bonds is 4. The number of hydrogen-bond acceptors (Lipinski definition) is 4. The quantitative estimate of drug-likeness (QED) is 0.595. The molecular formula is C11H9F3N4O3. The van der Waals surface area contributed by atoms with E-state index in [9.17, 15) is 27.9 Å². The summed E-state index contributed by atoms with van der Waals surface area (Å²) in [5, 5.41) is 16.7. The lowest BCUT2D eigenvalue weighted by atomic mass is 10.1. The van der Waals surface area contributed by atoms with E-state index >= 15 is 0 Å². The number of nitrogens with one attached hydrogen (secondary N) is 3. The Hall–Kier alpha value is -2.62. The number of aromatic nitrogens is 3. The summed E-state index contributed by atoms with van der Waals surface area (Å²) < 4.78 is 39.1. The van der Waals surface area contributed by atoms with Gasteiger partial charge in [-0.3, -0.25) is 9.78 Å². The van der Waals surface area contributed by atoms with Crippen molar-refractivity contribution in [3.63, 3.8) is 0 Å². The Balaban J connectivity index is 2.24. The second kappa shape index (κ2) is 5.79. The summed E-state index contributed by atoms with van der Waals surface area (Å²) in [5.41, 5.74) is -0.903. The standard InChI is InChI=1S/C11H9F3N4O3/c12-5-1-4(2-6(13)8(5)14)7(3-19)15-10(20)9-16-11(21)18-17-9/h1-2,7,19H,3H2,(H,15,20)(H2,16,17,18,21). The first-order valence-corrected chi connectivity index (χ1v) is 5.63. The maximum atomic E-state index is 13.1. The van der Waals surface area contributed by atoms with Crippen LogP contribution in [-0.2, 0) is 0 Å². The summed E-state index contributed by atoms with van der Waals surface area (Å²) in [7, 11) is 0. The van der Waals surface area contributed by atoms with Crippen LogP contribution in [0.4, 0.5) is 13.2 Å². The summed E-state index contributed by atoms with van der Waals surface area (Å²) in [6.45, 7) is -0.703. The molecule has 1 aromatic heterocycles. The van der Waals surface area contributed by atoms with E-state index in [-0.39, 0.29) is 11.4 Å². The molecule has 7 nitrogen and oxygen atoms in total. The molecule has 1 heterocycles. The second-order valence-electron chi connectivity index (χ2n) is 4.03. The van der Waals surface area contributed by atoms with Crippen LogP contribution in [0.25, 0.3) is 0 Å². The molecule has 1 amide bonds. The number of aliphatic hydroxyl groups excluding tert-OH is 1. The van der Waals surface area contributed by atoms with Gasteiger partial charge in [-0.15, -0.1) is 5.10 Å². The molecule has 1 atom stereocenters. The van der Waals surface area contributed by atoms with Crippen molar-refractivity contribution in [2.24, 2.45) is 0 Å². The molecule has 0 saturated carbocycles. The molecule has 0 aliphatic heterocycles. The summed E-state index contributed by atoms with van der Waals surface area (Å²) in [6, 6.07) is 0.0852. The normalized spacial score (nSPS) is 12.2. The number of H-pyrrole nitrogens is 2. The summed E-state index contributed by atoms with van der Waals surface area (Å²) in [5.74, 6) is -5.82. The number of halogens is 3. The molecule has 1 aromatic carbocycles. The molecule has 0 bridgehead atoms. The topological polar surface area (TPSA) is 111 Å². The van der Waals surface area contributed by atoms with Crippen LogP contribution in [0.1, 0.15) is 22.2 Å². The van der Waals surface area contributed by atoms with Gasteiger partial charge in [0.1, 0.15) is 0 Å². The van der Waals surface area contributed by atoms with Crippen LogP contribution in [0, 0.1) is 17.5 Å². The molecule has 4 N–H and O–H groups in total. The van der Waals surface area contributed by atoms with Crippen LogP contribution in [0.5, 0.6) is 0 Å². The van der Waals surface area contributed by atoms with Crippen LogP contribution in [-0.4, -0.2) is 32.8 Å². The molecule has 0 fully saturated rings.